The summed E-state index contributed by atoms with van der Waals surface area (Å²) in [5, 5.41) is 0. The van der Waals surface area contributed by atoms with E-state index in [1.54, 1.807) is 0 Å². The summed E-state index contributed by atoms with van der Waals surface area (Å²) in [4.78, 5) is 15.2. The van der Waals surface area contributed by atoms with Gasteiger partial charge in [-0.05, 0) is 30.4 Å². The molecule has 0 spiro atoms. The van der Waals surface area contributed by atoms with Gasteiger partial charge < -0.3 is 4.90 Å². The van der Waals surface area contributed by atoms with Gasteiger partial charge in [0.1, 0.15) is 0 Å². The number of likely N-dealkylation sites (tertiary alicyclic amines) is 1. The lowest BCUT2D eigenvalue weighted by Crippen LogP contribution is -2.37. The van der Waals surface area contributed by atoms with Gasteiger partial charge in [0.25, 0.3) is 10.1 Å². The fourth-order valence-corrected chi connectivity index (χ4v) is 4.09. The van der Waals surface area contributed by atoms with Crippen LogP contribution in [0.4, 0.5) is 0 Å². The second kappa shape index (κ2) is 8.23. The molecule has 144 valence electrons. The summed E-state index contributed by atoms with van der Waals surface area (Å²) in [5.41, 5.74) is 1.54. The molecule has 2 aromatic carbocycles. The van der Waals surface area contributed by atoms with Crippen LogP contribution < -0.4 is 0 Å². The van der Waals surface area contributed by atoms with Crippen LogP contribution in [0.5, 0.6) is 0 Å². The molecule has 5 nitrogen and oxygen atoms in total. The highest BCUT2D eigenvalue weighted by atomic mass is 32.2. The first-order chi connectivity index (χ1) is 12.9. The van der Waals surface area contributed by atoms with Crippen LogP contribution in [0.1, 0.15) is 24.0 Å². The molecule has 6 heteroatoms. The largest absolute Gasteiger partial charge is 0.338 e. The Bertz CT molecular complexity index is 868. The molecule has 1 amide bonds. The third-order valence-electron chi connectivity index (χ3n) is 5.08. The van der Waals surface area contributed by atoms with Crippen molar-refractivity contribution in [2.45, 2.75) is 25.8 Å². The maximum absolute atomic E-state index is 13.3. The van der Waals surface area contributed by atoms with Gasteiger partial charge in [0.2, 0.25) is 5.91 Å². The first-order valence-electron chi connectivity index (χ1n) is 9.10. The zero-order valence-corrected chi connectivity index (χ0v) is 16.3. The van der Waals surface area contributed by atoms with E-state index in [-0.39, 0.29) is 12.5 Å². The van der Waals surface area contributed by atoms with E-state index in [2.05, 4.69) is 0 Å². The zero-order chi connectivity index (χ0) is 19.3. The average Bonchev–Trinajstić information content (AvgIpc) is 2.92. The van der Waals surface area contributed by atoms with E-state index >= 15 is 0 Å². The van der Waals surface area contributed by atoms with Gasteiger partial charge in [-0.3, -0.25) is 8.98 Å². The molecule has 1 atom stereocenters. The number of benzene rings is 2. The van der Waals surface area contributed by atoms with Crippen molar-refractivity contribution in [3.63, 3.8) is 0 Å². The third-order valence-corrected chi connectivity index (χ3v) is 5.68. The van der Waals surface area contributed by atoms with Crippen LogP contribution in [0, 0.1) is 5.41 Å². The lowest BCUT2D eigenvalue weighted by molar-refractivity contribution is -0.137. The molecule has 0 bridgehead atoms. The molecule has 0 radical (unpaired) electrons. The minimum absolute atomic E-state index is 0.0244. The fraction of sp³-hybridized carbons (Fsp3) is 0.381. The number of carbonyl (C=O) groups is 1. The van der Waals surface area contributed by atoms with Gasteiger partial charge in [-0.15, -0.1) is 0 Å². The first kappa shape index (κ1) is 19.6. The normalized spacial score (nSPS) is 20.2. The topological polar surface area (TPSA) is 63.7 Å². The quantitative estimate of drug-likeness (QED) is 0.653. The molecule has 0 aromatic heterocycles. The van der Waals surface area contributed by atoms with Gasteiger partial charge in [-0.25, -0.2) is 0 Å². The fourth-order valence-electron chi connectivity index (χ4n) is 3.71. The van der Waals surface area contributed by atoms with Crippen molar-refractivity contribution in [3.8, 4) is 0 Å². The van der Waals surface area contributed by atoms with Gasteiger partial charge in [0, 0.05) is 13.1 Å². The van der Waals surface area contributed by atoms with Gasteiger partial charge in [-0.2, -0.15) is 8.42 Å². The highest BCUT2D eigenvalue weighted by molar-refractivity contribution is 7.85. The number of nitrogens with zero attached hydrogens (tertiary/aromatic N) is 1. The minimum Gasteiger partial charge on any atom is -0.338 e. The second-order valence-electron chi connectivity index (χ2n) is 7.18. The minimum atomic E-state index is -3.52. The molecule has 1 saturated heterocycles. The summed E-state index contributed by atoms with van der Waals surface area (Å²) in [5.74, 6) is 0.0762. The van der Waals surface area contributed by atoms with E-state index in [0.717, 1.165) is 17.4 Å². The van der Waals surface area contributed by atoms with Gasteiger partial charge in [0.05, 0.1) is 18.3 Å². The van der Waals surface area contributed by atoms with Crippen LogP contribution in [0.3, 0.4) is 0 Å². The average molecular weight is 388 g/mol. The molecule has 0 N–H and O–H groups in total. The summed E-state index contributed by atoms with van der Waals surface area (Å²) in [7, 11) is -3.52. The van der Waals surface area contributed by atoms with Crippen molar-refractivity contribution in [2.75, 3.05) is 19.4 Å². The third kappa shape index (κ3) is 5.17. The van der Waals surface area contributed by atoms with E-state index in [9.17, 15) is 13.2 Å². The number of hydrogen-bond donors (Lipinski definition) is 0. The standard InChI is InChI=1S/C21H25NO4S/c1-27(24,25)26-15-13-21(16-18-8-4-2-5-9-18)12-14-22(20(21)23)17-19-10-6-3-7-11-19/h2-11H,12-17H2,1H3. The highest BCUT2D eigenvalue weighted by Gasteiger charge is 2.46. The van der Waals surface area contributed by atoms with Crippen molar-refractivity contribution in [3.05, 3.63) is 71.8 Å². The van der Waals surface area contributed by atoms with Crippen molar-refractivity contribution in [1.29, 1.82) is 0 Å². The Morgan fingerprint density at radius 2 is 1.59 bits per heavy atom. The lowest BCUT2D eigenvalue weighted by atomic mass is 9.77. The number of hydrogen-bond acceptors (Lipinski definition) is 4. The molecule has 1 aliphatic rings. The van der Waals surface area contributed by atoms with E-state index in [0.29, 0.717) is 32.4 Å². The van der Waals surface area contributed by atoms with Crippen LogP contribution in [0.2, 0.25) is 0 Å². The Hall–Kier alpha value is -2.18. The molecule has 0 aliphatic carbocycles. The van der Waals surface area contributed by atoms with Crippen LogP contribution in [0.25, 0.3) is 0 Å². The van der Waals surface area contributed by atoms with E-state index in [1.807, 2.05) is 65.6 Å². The molecule has 2 aromatic rings. The molecule has 0 saturated carbocycles. The number of amides is 1. The van der Waals surface area contributed by atoms with Crippen molar-refractivity contribution >= 4 is 16.0 Å². The number of rotatable bonds is 8. The summed E-state index contributed by atoms with van der Waals surface area (Å²) in [6, 6.07) is 19.8. The van der Waals surface area contributed by atoms with Crippen LogP contribution in [0.15, 0.2) is 60.7 Å². The number of carbonyl (C=O) groups excluding carboxylic acids is 1. The summed E-state index contributed by atoms with van der Waals surface area (Å²) in [6.07, 6.45) is 2.71. The maximum atomic E-state index is 13.3. The van der Waals surface area contributed by atoms with E-state index in [4.69, 9.17) is 4.18 Å². The molecule has 3 rings (SSSR count). The molecular weight excluding hydrogens is 362 g/mol. The summed E-state index contributed by atoms with van der Waals surface area (Å²) < 4.78 is 27.6. The predicted molar refractivity (Wildman–Crippen MR) is 104 cm³/mol. The van der Waals surface area contributed by atoms with Crippen molar-refractivity contribution in [2.24, 2.45) is 5.41 Å². The van der Waals surface area contributed by atoms with Crippen LogP contribution >= 0.6 is 0 Å². The Balaban J connectivity index is 1.78. The monoisotopic (exact) mass is 387 g/mol. The molecule has 1 unspecified atom stereocenters. The molecule has 1 aliphatic heterocycles. The Labute approximate surface area is 161 Å². The Morgan fingerprint density at radius 3 is 2.19 bits per heavy atom. The Morgan fingerprint density at radius 1 is 1.00 bits per heavy atom. The highest BCUT2D eigenvalue weighted by Crippen LogP contribution is 2.39. The predicted octanol–water partition coefficient (Wildman–Crippen LogP) is 3.01. The summed E-state index contributed by atoms with van der Waals surface area (Å²) in [6.45, 7) is 1.26. The molecular formula is C21H25NO4S. The zero-order valence-electron chi connectivity index (χ0n) is 15.5. The van der Waals surface area contributed by atoms with E-state index in [1.165, 1.54) is 0 Å². The molecule has 1 heterocycles. The van der Waals surface area contributed by atoms with Crippen molar-refractivity contribution in [1.82, 2.24) is 4.90 Å². The SMILES string of the molecule is CS(=O)(=O)OCCC1(Cc2ccccc2)CCN(Cc2ccccc2)C1=O. The van der Waals surface area contributed by atoms with Crippen molar-refractivity contribution < 1.29 is 17.4 Å². The first-order valence-corrected chi connectivity index (χ1v) is 10.9. The second-order valence-corrected chi connectivity index (χ2v) is 8.83. The van der Waals surface area contributed by atoms with Gasteiger partial charge in [-0.1, -0.05) is 60.7 Å². The lowest BCUT2D eigenvalue weighted by Gasteiger charge is -2.28. The van der Waals surface area contributed by atoms with Crippen LogP contribution in [-0.2, 0) is 32.1 Å². The van der Waals surface area contributed by atoms with E-state index < -0.39 is 15.5 Å². The smallest absolute Gasteiger partial charge is 0.264 e. The molecule has 1 fully saturated rings. The summed E-state index contributed by atoms with van der Waals surface area (Å²) >= 11 is 0. The van der Waals surface area contributed by atoms with Gasteiger partial charge >= 0.3 is 0 Å². The van der Waals surface area contributed by atoms with Gasteiger partial charge in [0.15, 0.2) is 0 Å². The van der Waals surface area contributed by atoms with Crippen LogP contribution in [-0.4, -0.2) is 38.6 Å². The maximum Gasteiger partial charge on any atom is 0.264 e. The molecule has 27 heavy (non-hydrogen) atoms. The Kier molecular flexibility index (Phi) is 5.97.